The summed E-state index contributed by atoms with van der Waals surface area (Å²) in [5.74, 6) is 1.48. The molecule has 2 nitrogen and oxygen atoms in total. The summed E-state index contributed by atoms with van der Waals surface area (Å²) in [6, 6.07) is 0. The average Bonchev–Trinajstić information content (AvgIpc) is 2.02. The van der Waals surface area contributed by atoms with E-state index in [0.29, 0.717) is 0 Å². The number of hydrazine groups is 1. The van der Waals surface area contributed by atoms with Crippen LogP contribution >= 0.6 is 0 Å². The lowest BCUT2D eigenvalue weighted by atomic mass is 10.2. The summed E-state index contributed by atoms with van der Waals surface area (Å²) >= 11 is 0. The van der Waals surface area contributed by atoms with E-state index in [9.17, 15) is 0 Å². The van der Waals surface area contributed by atoms with Gasteiger partial charge in [0.15, 0.2) is 0 Å². The molecular formula is C12H28N2. The van der Waals surface area contributed by atoms with Crippen molar-refractivity contribution in [2.75, 3.05) is 19.6 Å². The van der Waals surface area contributed by atoms with Crippen LogP contribution in [-0.4, -0.2) is 24.6 Å². The Labute approximate surface area is 90.0 Å². The number of nitrogens with one attached hydrogen (secondary N) is 1. The summed E-state index contributed by atoms with van der Waals surface area (Å²) in [4.78, 5) is 0. The van der Waals surface area contributed by atoms with Gasteiger partial charge in [0.1, 0.15) is 0 Å². The number of unbranched alkanes of at least 4 members (excludes halogenated alkanes) is 1. The summed E-state index contributed by atoms with van der Waals surface area (Å²) in [7, 11) is 0. The zero-order valence-electron chi connectivity index (χ0n) is 10.6. The van der Waals surface area contributed by atoms with Gasteiger partial charge in [0.05, 0.1) is 0 Å². The molecule has 0 aromatic rings. The Morgan fingerprint density at radius 1 is 1.00 bits per heavy atom. The summed E-state index contributed by atoms with van der Waals surface area (Å²) in [6.45, 7) is 14.8. The van der Waals surface area contributed by atoms with Gasteiger partial charge in [-0.2, -0.15) is 0 Å². The standard InChI is InChI=1S/C12H28N2/c1-6-7-8-13-14(9-11(2)3)10-12(4)5/h11-13H,6-10H2,1-5H3. The fraction of sp³-hybridized carbons (Fsp3) is 1.00. The fourth-order valence-corrected chi connectivity index (χ4v) is 1.50. The highest BCUT2D eigenvalue weighted by Crippen LogP contribution is 2.01. The first-order valence-corrected chi connectivity index (χ1v) is 6.04. The Morgan fingerprint density at radius 3 is 1.86 bits per heavy atom. The molecule has 0 saturated carbocycles. The largest absolute Gasteiger partial charge is 0.255 e. The lowest BCUT2D eigenvalue weighted by molar-refractivity contribution is 0.147. The van der Waals surface area contributed by atoms with Crippen molar-refractivity contribution < 1.29 is 0 Å². The van der Waals surface area contributed by atoms with Crippen LogP contribution in [-0.2, 0) is 0 Å². The van der Waals surface area contributed by atoms with Gasteiger partial charge in [-0.15, -0.1) is 0 Å². The zero-order chi connectivity index (χ0) is 11.0. The van der Waals surface area contributed by atoms with E-state index in [1.807, 2.05) is 0 Å². The first-order valence-electron chi connectivity index (χ1n) is 6.04. The Balaban J connectivity index is 3.72. The zero-order valence-corrected chi connectivity index (χ0v) is 10.6. The molecule has 86 valence electrons. The lowest BCUT2D eigenvalue weighted by Gasteiger charge is -2.26. The van der Waals surface area contributed by atoms with Crippen molar-refractivity contribution >= 4 is 0 Å². The summed E-state index contributed by atoms with van der Waals surface area (Å²) in [5.41, 5.74) is 3.52. The first kappa shape index (κ1) is 13.9. The molecule has 0 aliphatic heterocycles. The smallest absolute Gasteiger partial charge is 0.0154 e. The van der Waals surface area contributed by atoms with Gasteiger partial charge in [-0.3, -0.25) is 5.43 Å². The van der Waals surface area contributed by atoms with E-state index in [-0.39, 0.29) is 0 Å². The van der Waals surface area contributed by atoms with Gasteiger partial charge in [0.25, 0.3) is 0 Å². The molecule has 2 heteroatoms. The van der Waals surface area contributed by atoms with Crippen LogP contribution in [0.4, 0.5) is 0 Å². The molecule has 0 saturated heterocycles. The van der Waals surface area contributed by atoms with Crippen LogP contribution in [0.15, 0.2) is 0 Å². The fourth-order valence-electron chi connectivity index (χ4n) is 1.50. The molecule has 0 heterocycles. The molecule has 0 amide bonds. The molecule has 14 heavy (non-hydrogen) atoms. The molecule has 0 radical (unpaired) electrons. The molecule has 0 aromatic heterocycles. The van der Waals surface area contributed by atoms with E-state index in [2.05, 4.69) is 45.1 Å². The number of nitrogens with zero attached hydrogens (tertiary/aromatic N) is 1. The van der Waals surface area contributed by atoms with Crippen LogP contribution in [0.3, 0.4) is 0 Å². The van der Waals surface area contributed by atoms with Gasteiger partial charge in [-0.1, -0.05) is 41.0 Å². The monoisotopic (exact) mass is 200 g/mol. The molecule has 0 rings (SSSR count). The maximum atomic E-state index is 3.52. The van der Waals surface area contributed by atoms with E-state index in [0.717, 1.165) is 31.5 Å². The highest BCUT2D eigenvalue weighted by atomic mass is 15.5. The van der Waals surface area contributed by atoms with Crippen molar-refractivity contribution in [1.82, 2.24) is 10.4 Å². The molecule has 0 unspecified atom stereocenters. The van der Waals surface area contributed by atoms with Gasteiger partial charge >= 0.3 is 0 Å². The molecular weight excluding hydrogens is 172 g/mol. The topological polar surface area (TPSA) is 15.3 Å². The summed E-state index contributed by atoms with van der Waals surface area (Å²) in [6.07, 6.45) is 2.54. The lowest BCUT2D eigenvalue weighted by Crippen LogP contribution is -2.43. The average molecular weight is 200 g/mol. The van der Waals surface area contributed by atoms with E-state index in [1.54, 1.807) is 0 Å². The second-order valence-corrected chi connectivity index (χ2v) is 4.95. The highest BCUT2D eigenvalue weighted by Gasteiger charge is 2.07. The van der Waals surface area contributed by atoms with Crippen molar-refractivity contribution in [3.8, 4) is 0 Å². The third-order valence-corrected chi connectivity index (χ3v) is 2.04. The molecule has 0 bridgehead atoms. The summed E-state index contributed by atoms with van der Waals surface area (Å²) < 4.78 is 0. The van der Waals surface area contributed by atoms with Gasteiger partial charge < -0.3 is 0 Å². The van der Waals surface area contributed by atoms with Crippen molar-refractivity contribution in [3.05, 3.63) is 0 Å². The van der Waals surface area contributed by atoms with E-state index >= 15 is 0 Å². The maximum absolute atomic E-state index is 3.52. The third kappa shape index (κ3) is 8.52. The van der Waals surface area contributed by atoms with E-state index in [1.165, 1.54) is 12.8 Å². The Hall–Kier alpha value is -0.0800. The normalized spacial score (nSPS) is 12.0. The highest BCUT2D eigenvalue weighted by molar-refractivity contribution is 4.58. The van der Waals surface area contributed by atoms with Gasteiger partial charge in [-0.05, 0) is 18.3 Å². The predicted octanol–water partition coefficient (Wildman–Crippen LogP) is 2.91. The minimum absolute atomic E-state index is 0.739. The van der Waals surface area contributed by atoms with Crippen LogP contribution < -0.4 is 5.43 Å². The van der Waals surface area contributed by atoms with Crippen molar-refractivity contribution in [2.24, 2.45) is 11.8 Å². The first-order chi connectivity index (χ1) is 6.56. The molecule has 0 aliphatic rings. The van der Waals surface area contributed by atoms with E-state index in [4.69, 9.17) is 0 Å². The number of hydrogen-bond acceptors (Lipinski definition) is 2. The predicted molar refractivity (Wildman–Crippen MR) is 64.2 cm³/mol. The van der Waals surface area contributed by atoms with Gasteiger partial charge in [-0.25, -0.2) is 5.01 Å². The quantitative estimate of drug-likeness (QED) is 0.479. The minimum Gasteiger partial charge on any atom is -0.255 e. The van der Waals surface area contributed by atoms with Gasteiger partial charge in [0, 0.05) is 19.6 Å². The Bertz CT molecular complexity index is 111. The number of hydrogen-bond donors (Lipinski definition) is 1. The van der Waals surface area contributed by atoms with E-state index < -0.39 is 0 Å². The Morgan fingerprint density at radius 2 is 1.50 bits per heavy atom. The van der Waals surface area contributed by atoms with Crippen molar-refractivity contribution in [2.45, 2.75) is 47.5 Å². The van der Waals surface area contributed by atoms with Crippen molar-refractivity contribution in [1.29, 1.82) is 0 Å². The molecule has 0 atom stereocenters. The third-order valence-electron chi connectivity index (χ3n) is 2.04. The molecule has 0 fully saturated rings. The Kier molecular flexibility index (Phi) is 8.20. The summed E-state index contributed by atoms with van der Waals surface area (Å²) in [5, 5.41) is 2.38. The molecule has 1 N–H and O–H groups in total. The van der Waals surface area contributed by atoms with Gasteiger partial charge in [0.2, 0.25) is 0 Å². The van der Waals surface area contributed by atoms with Crippen molar-refractivity contribution in [3.63, 3.8) is 0 Å². The maximum Gasteiger partial charge on any atom is 0.0154 e. The molecule has 0 spiro atoms. The second kappa shape index (κ2) is 8.25. The van der Waals surface area contributed by atoms with Crippen LogP contribution in [0, 0.1) is 11.8 Å². The van der Waals surface area contributed by atoms with Crippen LogP contribution in [0.5, 0.6) is 0 Å². The van der Waals surface area contributed by atoms with Crippen LogP contribution in [0.25, 0.3) is 0 Å². The van der Waals surface area contributed by atoms with Crippen LogP contribution in [0.1, 0.15) is 47.5 Å². The molecule has 0 aliphatic carbocycles. The second-order valence-electron chi connectivity index (χ2n) is 4.95. The van der Waals surface area contributed by atoms with Crippen LogP contribution in [0.2, 0.25) is 0 Å². The SMILES string of the molecule is CCCCNN(CC(C)C)CC(C)C. The molecule has 0 aromatic carbocycles. The minimum atomic E-state index is 0.739. The number of rotatable bonds is 8.